The van der Waals surface area contributed by atoms with Crippen LogP contribution in [-0.2, 0) is 0 Å². The third-order valence-electron chi connectivity index (χ3n) is 5.10. The van der Waals surface area contributed by atoms with Crippen LogP contribution in [0.1, 0.15) is 38.0 Å². The van der Waals surface area contributed by atoms with E-state index in [0.717, 1.165) is 16.8 Å². The lowest BCUT2D eigenvalue weighted by atomic mass is 10.0. The molecule has 2 amide bonds. The van der Waals surface area contributed by atoms with Crippen molar-refractivity contribution in [3.05, 3.63) is 95.1 Å². The number of benzene rings is 3. The number of hydrogen-bond acceptors (Lipinski definition) is 2. The van der Waals surface area contributed by atoms with Crippen LogP contribution in [0.15, 0.2) is 72.8 Å². The van der Waals surface area contributed by atoms with E-state index < -0.39 is 6.17 Å². The molecule has 0 spiro atoms. The Morgan fingerprint density at radius 1 is 0.692 bits per heavy atom. The highest BCUT2D eigenvalue weighted by Crippen LogP contribution is 2.46. The Kier molecular flexibility index (Phi) is 3.04. The Balaban J connectivity index is 1.79. The maximum Gasteiger partial charge on any atom is 0.262 e. The van der Waals surface area contributed by atoms with E-state index in [4.69, 9.17) is 0 Å². The lowest BCUT2D eigenvalue weighted by Gasteiger charge is -2.40. The summed E-state index contributed by atoms with van der Waals surface area (Å²) in [5, 5.41) is 0. The zero-order chi connectivity index (χ0) is 17.8. The molecule has 0 N–H and O–H groups in total. The average Bonchev–Trinajstić information content (AvgIpc) is 2.97. The molecule has 2 heterocycles. The molecule has 1 unspecified atom stereocenters. The second kappa shape index (κ2) is 5.30. The summed E-state index contributed by atoms with van der Waals surface area (Å²) in [4.78, 5) is 29.9. The summed E-state index contributed by atoms with van der Waals surface area (Å²) < 4.78 is 0. The molecule has 4 heteroatoms. The second-order valence-electron chi connectivity index (χ2n) is 6.66. The largest absolute Gasteiger partial charge is 0.283 e. The van der Waals surface area contributed by atoms with Crippen molar-refractivity contribution in [2.45, 2.75) is 13.1 Å². The number of fused-ring (bicyclic) bond motifs is 5. The van der Waals surface area contributed by atoms with Crippen molar-refractivity contribution in [2.75, 3.05) is 9.80 Å². The van der Waals surface area contributed by atoms with Crippen molar-refractivity contribution < 1.29 is 9.59 Å². The number of amides is 2. The van der Waals surface area contributed by atoms with E-state index in [0.29, 0.717) is 16.8 Å². The summed E-state index contributed by atoms with van der Waals surface area (Å²) in [6.45, 7) is 2.01. The molecule has 0 fully saturated rings. The maximum atomic E-state index is 13.3. The first-order chi connectivity index (χ1) is 12.7. The molecule has 0 radical (unpaired) electrons. The van der Waals surface area contributed by atoms with Crippen molar-refractivity contribution in [1.29, 1.82) is 0 Å². The minimum absolute atomic E-state index is 0.0670. The van der Waals surface area contributed by atoms with Crippen molar-refractivity contribution in [1.82, 2.24) is 0 Å². The number of carbonyl (C=O) groups excluding carboxylic acids is 2. The summed E-state index contributed by atoms with van der Waals surface area (Å²) in [7, 11) is 0. The van der Waals surface area contributed by atoms with Gasteiger partial charge in [0.2, 0.25) is 0 Å². The van der Waals surface area contributed by atoms with Gasteiger partial charge in [-0.3, -0.25) is 19.4 Å². The van der Waals surface area contributed by atoms with Gasteiger partial charge in [0.05, 0.1) is 11.3 Å². The van der Waals surface area contributed by atoms with Crippen LogP contribution in [0.2, 0.25) is 0 Å². The molecule has 3 aromatic rings. The number of anilines is 2. The highest BCUT2D eigenvalue weighted by atomic mass is 16.2. The Hall–Kier alpha value is -3.40. The molecule has 2 aliphatic heterocycles. The van der Waals surface area contributed by atoms with Gasteiger partial charge in [-0.2, -0.15) is 0 Å². The first-order valence-electron chi connectivity index (χ1n) is 8.58. The molecule has 2 aliphatic rings. The molecule has 0 saturated heterocycles. The highest BCUT2D eigenvalue weighted by Gasteiger charge is 2.48. The quantitative estimate of drug-likeness (QED) is 0.662. The Bertz CT molecular complexity index is 1060. The van der Waals surface area contributed by atoms with E-state index in [1.807, 2.05) is 73.7 Å². The number of aryl methyl sites for hydroxylation is 1. The zero-order valence-electron chi connectivity index (χ0n) is 14.2. The number of para-hydroxylation sites is 1. The number of hydrogen-bond donors (Lipinski definition) is 0. The van der Waals surface area contributed by atoms with Crippen LogP contribution in [0.25, 0.3) is 0 Å². The van der Waals surface area contributed by atoms with Gasteiger partial charge in [-0.05, 0) is 37.3 Å². The van der Waals surface area contributed by atoms with E-state index in [1.165, 1.54) is 0 Å². The summed E-state index contributed by atoms with van der Waals surface area (Å²) in [5.74, 6) is -0.155. The Morgan fingerprint density at radius 3 is 2.08 bits per heavy atom. The van der Waals surface area contributed by atoms with E-state index >= 15 is 0 Å². The lowest BCUT2D eigenvalue weighted by Crippen LogP contribution is -2.48. The van der Waals surface area contributed by atoms with Crippen LogP contribution < -0.4 is 9.80 Å². The summed E-state index contributed by atoms with van der Waals surface area (Å²) in [5.41, 5.74) is 4.64. The third kappa shape index (κ3) is 1.90. The van der Waals surface area contributed by atoms with Crippen molar-refractivity contribution in [2.24, 2.45) is 0 Å². The topological polar surface area (TPSA) is 40.6 Å². The molecule has 5 rings (SSSR count). The molecule has 4 nitrogen and oxygen atoms in total. The van der Waals surface area contributed by atoms with E-state index in [-0.39, 0.29) is 11.8 Å². The van der Waals surface area contributed by atoms with E-state index in [2.05, 4.69) is 0 Å². The van der Waals surface area contributed by atoms with Gasteiger partial charge >= 0.3 is 0 Å². The van der Waals surface area contributed by atoms with Crippen molar-refractivity contribution in [3.8, 4) is 0 Å². The monoisotopic (exact) mass is 340 g/mol. The van der Waals surface area contributed by atoms with Gasteiger partial charge in [-0.1, -0.05) is 48.0 Å². The fourth-order valence-electron chi connectivity index (χ4n) is 3.86. The van der Waals surface area contributed by atoms with Gasteiger partial charge in [-0.15, -0.1) is 0 Å². The molecular formula is C22H16N2O2. The number of carbonyl (C=O) groups is 2. The molecule has 0 aromatic heterocycles. The first kappa shape index (κ1) is 14.9. The Morgan fingerprint density at radius 2 is 1.31 bits per heavy atom. The van der Waals surface area contributed by atoms with Crippen LogP contribution in [0.5, 0.6) is 0 Å². The second-order valence-corrected chi connectivity index (χ2v) is 6.66. The minimum Gasteiger partial charge on any atom is -0.283 e. The summed E-state index contributed by atoms with van der Waals surface area (Å²) in [6, 6.07) is 22.7. The molecular weight excluding hydrogens is 324 g/mol. The standard InChI is InChI=1S/C22H16N2O2/c1-14-10-12-15(13-11-14)23-20-16-6-2-3-7-17(16)21(25)24(20)19-9-5-4-8-18(19)22(23)26/h2-13,20H,1H3. The molecule has 3 aromatic carbocycles. The average molecular weight is 340 g/mol. The molecule has 126 valence electrons. The van der Waals surface area contributed by atoms with Crippen LogP contribution in [0.3, 0.4) is 0 Å². The van der Waals surface area contributed by atoms with Gasteiger partial charge in [0.1, 0.15) is 6.17 Å². The molecule has 0 saturated carbocycles. The fourth-order valence-corrected chi connectivity index (χ4v) is 3.86. The normalized spacial score (nSPS) is 17.8. The molecule has 0 aliphatic carbocycles. The predicted octanol–water partition coefficient (Wildman–Crippen LogP) is 4.31. The zero-order valence-corrected chi connectivity index (χ0v) is 14.2. The Labute approximate surface area is 151 Å². The van der Waals surface area contributed by atoms with Gasteiger partial charge in [0.15, 0.2) is 0 Å². The number of nitrogens with zero attached hydrogens (tertiary/aromatic N) is 2. The van der Waals surface area contributed by atoms with Crippen molar-refractivity contribution >= 4 is 23.2 Å². The van der Waals surface area contributed by atoms with E-state index in [9.17, 15) is 9.59 Å². The highest BCUT2D eigenvalue weighted by molar-refractivity contribution is 6.21. The number of rotatable bonds is 1. The van der Waals surface area contributed by atoms with E-state index in [1.54, 1.807) is 15.9 Å². The van der Waals surface area contributed by atoms with Gasteiger partial charge < -0.3 is 0 Å². The van der Waals surface area contributed by atoms with Gasteiger partial charge in [0.25, 0.3) is 11.8 Å². The molecule has 26 heavy (non-hydrogen) atoms. The fraction of sp³-hybridized carbons (Fsp3) is 0.0909. The lowest BCUT2D eigenvalue weighted by molar-refractivity contribution is 0.0949. The van der Waals surface area contributed by atoms with Gasteiger partial charge in [0, 0.05) is 16.8 Å². The van der Waals surface area contributed by atoms with Crippen LogP contribution in [-0.4, -0.2) is 11.8 Å². The first-order valence-corrected chi connectivity index (χ1v) is 8.58. The van der Waals surface area contributed by atoms with Crippen LogP contribution in [0.4, 0.5) is 11.4 Å². The molecule has 0 bridgehead atoms. The SMILES string of the molecule is Cc1ccc(N2C(=O)c3ccccc3N3C(=O)c4ccccc4C23)cc1. The maximum absolute atomic E-state index is 13.3. The molecule has 1 atom stereocenters. The predicted molar refractivity (Wildman–Crippen MR) is 100 cm³/mol. The van der Waals surface area contributed by atoms with Gasteiger partial charge in [-0.25, -0.2) is 0 Å². The minimum atomic E-state index is -0.455. The summed E-state index contributed by atoms with van der Waals surface area (Å²) in [6.07, 6.45) is -0.455. The van der Waals surface area contributed by atoms with Crippen molar-refractivity contribution in [3.63, 3.8) is 0 Å². The third-order valence-corrected chi connectivity index (χ3v) is 5.10. The summed E-state index contributed by atoms with van der Waals surface area (Å²) >= 11 is 0. The smallest absolute Gasteiger partial charge is 0.262 e. The van der Waals surface area contributed by atoms with Crippen LogP contribution >= 0.6 is 0 Å². The van der Waals surface area contributed by atoms with Crippen LogP contribution in [0, 0.1) is 6.92 Å².